The molecule has 35 heavy (non-hydrogen) atoms. The fourth-order valence-corrected chi connectivity index (χ4v) is 3.66. The SMILES string of the molecule is O=C(OCC1(O)COC(OC2C(Oc3ccc(O)cc3)OC(CO)C(O)C2O)C1O)c1ccco1. The first-order valence-electron chi connectivity index (χ1n) is 10.7. The largest absolute Gasteiger partial charge is 0.508 e. The van der Waals surface area contributed by atoms with E-state index in [0.717, 1.165) is 0 Å². The van der Waals surface area contributed by atoms with Crippen LogP contribution in [0.25, 0.3) is 0 Å². The number of hydrogen-bond acceptors (Lipinski definition) is 13. The average Bonchev–Trinajstić information content (AvgIpc) is 3.48. The summed E-state index contributed by atoms with van der Waals surface area (Å²) >= 11 is 0. The second-order valence-corrected chi connectivity index (χ2v) is 8.20. The number of carbonyl (C=O) groups is 1. The number of benzene rings is 1. The summed E-state index contributed by atoms with van der Waals surface area (Å²) < 4.78 is 32.1. The van der Waals surface area contributed by atoms with E-state index >= 15 is 0 Å². The van der Waals surface area contributed by atoms with Gasteiger partial charge in [0.1, 0.15) is 42.5 Å². The molecule has 0 amide bonds. The number of hydrogen-bond donors (Lipinski definition) is 6. The molecule has 1 aromatic carbocycles. The Labute approximate surface area is 198 Å². The number of phenolic OH excluding ortho intramolecular Hbond substituents is 1. The van der Waals surface area contributed by atoms with Gasteiger partial charge >= 0.3 is 5.97 Å². The van der Waals surface area contributed by atoms with Gasteiger partial charge in [-0.15, -0.1) is 0 Å². The molecule has 2 saturated heterocycles. The highest BCUT2D eigenvalue weighted by Gasteiger charge is 2.54. The molecule has 6 N–H and O–H groups in total. The molecule has 0 spiro atoms. The second kappa shape index (κ2) is 10.5. The van der Waals surface area contributed by atoms with Crippen LogP contribution in [0.3, 0.4) is 0 Å². The van der Waals surface area contributed by atoms with Gasteiger partial charge in [-0.1, -0.05) is 0 Å². The average molecular weight is 498 g/mol. The molecule has 0 saturated carbocycles. The van der Waals surface area contributed by atoms with Gasteiger partial charge in [0.15, 0.2) is 18.0 Å². The molecule has 8 atom stereocenters. The van der Waals surface area contributed by atoms with Crippen molar-refractivity contribution in [1.82, 2.24) is 0 Å². The molecule has 13 nitrogen and oxygen atoms in total. The molecule has 3 heterocycles. The third-order valence-corrected chi connectivity index (χ3v) is 5.69. The predicted molar refractivity (Wildman–Crippen MR) is 111 cm³/mol. The van der Waals surface area contributed by atoms with E-state index in [1.165, 1.54) is 42.7 Å². The van der Waals surface area contributed by atoms with Crippen LogP contribution in [-0.4, -0.2) is 105 Å². The van der Waals surface area contributed by atoms with Crippen LogP contribution in [0.2, 0.25) is 0 Å². The Morgan fingerprint density at radius 2 is 1.83 bits per heavy atom. The molecule has 8 unspecified atom stereocenters. The van der Waals surface area contributed by atoms with Crippen molar-refractivity contribution in [3.05, 3.63) is 48.4 Å². The van der Waals surface area contributed by atoms with Gasteiger partial charge in [0, 0.05) is 0 Å². The molecule has 2 fully saturated rings. The standard InChI is InChI=1S/C22H26O13/c23-8-14-15(25)16(26)17(20(34-14)33-12-5-3-11(24)4-6-12)35-21-18(27)22(29,10-32-21)9-31-19(28)13-2-1-7-30-13/h1-7,14-18,20-21,23-27,29H,8-10H2. The number of ether oxygens (including phenoxy) is 5. The van der Waals surface area contributed by atoms with Crippen LogP contribution in [0.5, 0.6) is 11.5 Å². The molecule has 13 heteroatoms. The summed E-state index contributed by atoms with van der Waals surface area (Å²) in [5.41, 5.74) is -2.05. The predicted octanol–water partition coefficient (Wildman–Crippen LogP) is -1.51. The Balaban J connectivity index is 1.44. The van der Waals surface area contributed by atoms with E-state index in [1.807, 2.05) is 0 Å². The number of aliphatic hydroxyl groups excluding tert-OH is 4. The molecule has 2 aliphatic rings. The lowest BCUT2D eigenvalue weighted by atomic mass is 9.98. The summed E-state index contributed by atoms with van der Waals surface area (Å²) in [7, 11) is 0. The first kappa shape index (κ1) is 25.3. The van der Waals surface area contributed by atoms with Crippen LogP contribution < -0.4 is 4.74 Å². The number of phenols is 1. The minimum atomic E-state index is -2.05. The molecule has 1 aromatic heterocycles. The van der Waals surface area contributed by atoms with Crippen molar-refractivity contribution in [1.29, 1.82) is 0 Å². The minimum absolute atomic E-state index is 0.0204. The first-order valence-corrected chi connectivity index (χ1v) is 10.7. The van der Waals surface area contributed by atoms with Crippen molar-refractivity contribution in [2.45, 2.75) is 48.7 Å². The molecule has 192 valence electrons. The number of furan rings is 1. The highest BCUT2D eigenvalue weighted by Crippen LogP contribution is 2.32. The van der Waals surface area contributed by atoms with Gasteiger partial charge < -0.3 is 58.7 Å². The van der Waals surface area contributed by atoms with Gasteiger partial charge in [-0.05, 0) is 36.4 Å². The van der Waals surface area contributed by atoms with Crippen molar-refractivity contribution in [3.63, 3.8) is 0 Å². The number of aromatic hydroxyl groups is 1. The fraction of sp³-hybridized carbons (Fsp3) is 0.500. The third kappa shape index (κ3) is 5.42. The molecule has 0 aliphatic carbocycles. The summed E-state index contributed by atoms with van der Waals surface area (Å²) in [6.07, 6.45) is -9.27. The van der Waals surface area contributed by atoms with Crippen molar-refractivity contribution in [2.75, 3.05) is 19.8 Å². The zero-order valence-corrected chi connectivity index (χ0v) is 18.2. The van der Waals surface area contributed by atoms with E-state index in [9.17, 15) is 35.4 Å². The number of aliphatic hydroxyl groups is 5. The summed E-state index contributed by atoms with van der Waals surface area (Å²) in [4.78, 5) is 12.0. The maximum atomic E-state index is 12.0. The van der Waals surface area contributed by atoms with Crippen LogP contribution in [0.1, 0.15) is 10.6 Å². The zero-order valence-electron chi connectivity index (χ0n) is 18.2. The molecule has 4 rings (SSSR count). The maximum Gasteiger partial charge on any atom is 0.374 e. The van der Waals surface area contributed by atoms with Gasteiger partial charge in [0.2, 0.25) is 12.1 Å². The molecular formula is C22H26O13. The normalized spacial score (nSPS) is 35.1. The first-order chi connectivity index (χ1) is 16.7. The number of esters is 1. The van der Waals surface area contributed by atoms with E-state index < -0.39 is 74.5 Å². The topological polar surface area (TPSA) is 198 Å². The molecular weight excluding hydrogens is 472 g/mol. The van der Waals surface area contributed by atoms with Gasteiger partial charge in [-0.3, -0.25) is 0 Å². The quantitative estimate of drug-likeness (QED) is 0.230. The van der Waals surface area contributed by atoms with Crippen molar-refractivity contribution in [2.24, 2.45) is 0 Å². The Bertz CT molecular complexity index is 964. The molecule has 2 aliphatic heterocycles. The van der Waals surface area contributed by atoms with Crippen molar-refractivity contribution < 1.29 is 63.5 Å². The summed E-state index contributed by atoms with van der Waals surface area (Å²) in [5, 5.41) is 61.2. The van der Waals surface area contributed by atoms with E-state index in [1.54, 1.807) is 0 Å². The van der Waals surface area contributed by atoms with Crippen LogP contribution in [0, 0.1) is 0 Å². The monoisotopic (exact) mass is 498 g/mol. The lowest BCUT2D eigenvalue weighted by molar-refractivity contribution is -0.318. The lowest BCUT2D eigenvalue weighted by Crippen LogP contribution is -2.62. The van der Waals surface area contributed by atoms with Gasteiger partial charge in [-0.2, -0.15) is 0 Å². The van der Waals surface area contributed by atoms with Gasteiger partial charge in [-0.25, -0.2) is 4.79 Å². The van der Waals surface area contributed by atoms with E-state index in [-0.39, 0.29) is 17.3 Å². The Morgan fingerprint density at radius 1 is 1.09 bits per heavy atom. The third-order valence-electron chi connectivity index (χ3n) is 5.69. The van der Waals surface area contributed by atoms with Crippen LogP contribution in [0.15, 0.2) is 47.1 Å². The van der Waals surface area contributed by atoms with Crippen LogP contribution in [-0.2, 0) is 18.9 Å². The van der Waals surface area contributed by atoms with E-state index in [4.69, 9.17) is 28.1 Å². The van der Waals surface area contributed by atoms with Crippen LogP contribution in [0.4, 0.5) is 0 Å². The van der Waals surface area contributed by atoms with Crippen LogP contribution >= 0.6 is 0 Å². The van der Waals surface area contributed by atoms with E-state index in [0.29, 0.717) is 0 Å². The second-order valence-electron chi connectivity index (χ2n) is 8.20. The number of rotatable bonds is 8. The molecule has 0 bridgehead atoms. The highest BCUT2D eigenvalue weighted by atomic mass is 16.8. The minimum Gasteiger partial charge on any atom is -0.508 e. The highest BCUT2D eigenvalue weighted by molar-refractivity contribution is 5.86. The summed E-state index contributed by atoms with van der Waals surface area (Å²) in [5.74, 6) is -0.778. The summed E-state index contributed by atoms with van der Waals surface area (Å²) in [6, 6.07) is 8.35. The van der Waals surface area contributed by atoms with Crippen molar-refractivity contribution >= 4 is 5.97 Å². The Kier molecular flexibility index (Phi) is 7.59. The maximum absolute atomic E-state index is 12.0. The lowest BCUT2D eigenvalue weighted by Gasteiger charge is -2.42. The van der Waals surface area contributed by atoms with Gasteiger partial charge in [0.25, 0.3) is 0 Å². The zero-order chi connectivity index (χ0) is 25.2. The smallest absolute Gasteiger partial charge is 0.374 e. The van der Waals surface area contributed by atoms with E-state index in [2.05, 4.69) is 0 Å². The summed E-state index contributed by atoms with van der Waals surface area (Å²) in [6.45, 7) is -1.77. The van der Waals surface area contributed by atoms with Crippen molar-refractivity contribution in [3.8, 4) is 11.5 Å². The Morgan fingerprint density at radius 3 is 2.49 bits per heavy atom. The fourth-order valence-electron chi connectivity index (χ4n) is 3.66. The number of carbonyl (C=O) groups excluding carboxylic acids is 1. The molecule has 2 aromatic rings. The molecule has 0 radical (unpaired) electrons. The Hall–Kier alpha value is -2.75. The van der Waals surface area contributed by atoms with Gasteiger partial charge in [0.05, 0.1) is 19.5 Å².